The summed E-state index contributed by atoms with van der Waals surface area (Å²) < 4.78 is 0. The van der Waals surface area contributed by atoms with Crippen LogP contribution in [0, 0.1) is 17.8 Å². The summed E-state index contributed by atoms with van der Waals surface area (Å²) in [7, 11) is 0. The van der Waals surface area contributed by atoms with Crippen LogP contribution in [0.3, 0.4) is 0 Å². The largest absolute Gasteiger partial charge is 0.481 e. The summed E-state index contributed by atoms with van der Waals surface area (Å²) in [5, 5.41) is 14.0. The molecule has 0 bridgehead atoms. The molecule has 4 nitrogen and oxygen atoms in total. The van der Waals surface area contributed by atoms with E-state index in [1.807, 2.05) is 6.07 Å². The van der Waals surface area contributed by atoms with Gasteiger partial charge in [0.2, 0.25) is 5.91 Å². The molecule has 1 fully saturated rings. The van der Waals surface area contributed by atoms with E-state index >= 15 is 0 Å². The van der Waals surface area contributed by atoms with Crippen LogP contribution in [0.4, 0.5) is 0 Å². The number of carboxylic acid groups (broad SMARTS) is 1. The van der Waals surface area contributed by atoms with Crippen molar-refractivity contribution < 1.29 is 14.7 Å². The second-order valence-electron chi connectivity index (χ2n) is 5.68. The summed E-state index contributed by atoms with van der Waals surface area (Å²) >= 11 is 1.74. The molecule has 0 spiro atoms. The number of thiophene rings is 1. The van der Waals surface area contributed by atoms with Crippen molar-refractivity contribution in [3.05, 3.63) is 22.4 Å². The van der Waals surface area contributed by atoms with Gasteiger partial charge in [-0.1, -0.05) is 13.0 Å². The van der Waals surface area contributed by atoms with Crippen LogP contribution in [0.2, 0.25) is 0 Å². The van der Waals surface area contributed by atoms with Crippen LogP contribution in [0.15, 0.2) is 17.5 Å². The smallest absolute Gasteiger partial charge is 0.306 e. The van der Waals surface area contributed by atoms with Gasteiger partial charge in [0.1, 0.15) is 0 Å². The third-order valence-electron chi connectivity index (χ3n) is 3.91. The first-order chi connectivity index (χ1) is 9.56. The van der Waals surface area contributed by atoms with Crippen LogP contribution in [-0.4, -0.2) is 23.5 Å². The van der Waals surface area contributed by atoms with Crippen molar-refractivity contribution in [3.63, 3.8) is 0 Å². The van der Waals surface area contributed by atoms with Crippen LogP contribution in [0.25, 0.3) is 0 Å². The normalized spacial score (nSPS) is 23.4. The lowest BCUT2D eigenvalue weighted by atomic mass is 10.0. The first-order valence-electron chi connectivity index (χ1n) is 7.09. The summed E-state index contributed by atoms with van der Waals surface area (Å²) in [6.07, 6.45) is 2.78. The fourth-order valence-corrected chi connectivity index (χ4v) is 3.58. The van der Waals surface area contributed by atoms with Crippen LogP contribution >= 0.6 is 11.3 Å². The number of aliphatic carboxylic acids is 1. The quantitative estimate of drug-likeness (QED) is 0.847. The lowest BCUT2D eigenvalue weighted by Gasteiger charge is -2.14. The number of carboxylic acids is 1. The fraction of sp³-hybridized carbons (Fsp3) is 0.600. The van der Waals surface area contributed by atoms with Gasteiger partial charge in [0.15, 0.2) is 0 Å². The van der Waals surface area contributed by atoms with Crippen molar-refractivity contribution >= 4 is 23.2 Å². The highest BCUT2D eigenvalue weighted by Crippen LogP contribution is 2.31. The Morgan fingerprint density at radius 2 is 2.20 bits per heavy atom. The molecule has 0 aliphatic heterocycles. The van der Waals surface area contributed by atoms with Gasteiger partial charge < -0.3 is 10.4 Å². The molecule has 3 atom stereocenters. The maximum Gasteiger partial charge on any atom is 0.306 e. The minimum absolute atomic E-state index is 0.0202. The predicted molar refractivity (Wildman–Crippen MR) is 78.7 cm³/mol. The minimum atomic E-state index is -0.772. The zero-order chi connectivity index (χ0) is 14.5. The van der Waals surface area contributed by atoms with Gasteiger partial charge in [-0.3, -0.25) is 9.59 Å². The molecule has 0 aromatic carbocycles. The molecule has 20 heavy (non-hydrogen) atoms. The molecule has 1 aliphatic rings. The first kappa shape index (κ1) is 15.0. The number of hydrogen-bond acceptors (Lipinski definition) is 3. The molecule has 0 saturated heterocycles. The number of carbonyl (C=O) groups excluding carboxylic acids is 1. The lowest BCUT2D eigenvalue weighted by molar-refractivity contribution is -0.141. The standard InChI is InChI=1S/C15H21NO3S/c1-10(7-13-3-2-6-20-13)9-16-14(17)11-4-5-12(8-11)15(18)19/h2-3,6,10-12H,4-5,7-9H2,1H3,(H,16,17)(H,18,19)/t10?,11-,12+/m1/s1. The third-order valence-corrected chi connectivity index (χ3v) is 4.81. The number of hydrogen-bond donors (Lipinski definition) is 2. The fourth-order valence-electron chi connectivity index (χ4n) is 2.71. The zero-order valence-corrected chi connectivity index (χ0v) is 12.5. The molecule has 5 heteroatoms. The monoisotopic (exact) mass is 295 g/mol. The van der Waals surface area contributed by atoms with E-state index in [4.69, 9.17) is 5.11 Å². The van der Waals surface area contributed by atoms with E-state index < -0.39 is 5.97 Å². The van der Waals surface area contributed by atoms with E-state index in [0.717, 1.165) is 6.42 Å². The second-order valence-corrected chi connectivity index (χ2v) is 6.71. The SMILES string of the molecule is CC(CNC(=O)[C@@H]1CC[C@H](C(=O)O)C1)Cc1cccs1. The van der Waals surface area contributed by atoms with Gasteiger partial charge >= 0.3 is 5.97 Å². The van der Waals surface area contributed by atoms with Crippen LogP contribution in [-0.2, 0) is 16.0 Å². The molecule has 1 unspecified atom stereocenters. The number of amides is 1. The maximum absolute atomic E-state index is 12.0. The number of rotatable bonds is 6. The van der Waals surface area contributed by atoms with Crippen molar-refractivity contribution in [2.24, 2.45) is 17.8 Å². The number of nitrogens with one attached hydrogen (secondary N) is 1. The highest BCUT2D eigenvalue weighted by atomic mass is 32.1. The predicted octanol–water partition coefficient (Wildman–Crippen LogP) is 2.54. The highest BCUT2D eigenvalue weighted by molar-refractivity contribution is 7.09. The van der Waals surface area contributed by atoms with E-state index in [1.54, 1.807) is 11.3 Å². The molecule has 1 heterocycles. The Bertz CT molecular complexity index is 458. The van der Waals surface area contributed by atoms with Crippen molar-refractivity contribution in [2.45, 2.75) is 32.6 Å². The summed E-state index contributed by atoms with van der Waals surface area (Å²) in [6.45, 7) is 2.78. The molecule has 1 aliphatic carbocycles. The summed E-state index contributed by atoms with van der Waals surface area (Å²) in [4.78, 5) is 24.2. The minimum Gasteiger partial charge on any atom is -0.481 e. The molecule has 1 aromatic rings. The van der Waals surface area contributed by atoms with Crippen molar-refractivity contribution in [1.82, 2.24) is 5.32 Å². The maximum atomic E-state index is 12.0. The molecule has 0 radical (unpaired) electrons. The van der Waals surface area contributed by atoms with Gasteiger partial charge in [0.05, 0.1) is 5.92 Å². The molecular weight excluding hydrogens is 274 g/mol. The highest BCUT2D eigenvalue weighted by Gasteiger charge is 2.33. The Kier molecular flexibility index (Phi) is 5.17. The summed E-state index contributed by atoms with van der Waals surface area (Å²) in [5.41, 5.74) is 0. The van der Waals surface area contributed by atoms with Gasteiger partial charge in [-0.05, 0) is 43.0 Å². The van der Waals surface area contributed by atoms with Gasteiger partial charge in [0, 0.05) is 17.3 Å². The van der Waals surface area contributed by atoms with Gasteiger partial charge in [-0.15, -0.1) is 11.3 Å². The van der Waals surface area contributed by atoms with E-state index in [1.165, 1.54) is 4.88 Å². The molecule has 1 aromatic heterocycles. The van der Waals surface area contributed by atoms with E-state index in [-0.39, 0.29) is 17.7 Å². The third kappa shape index (κ3) is 4.07. The van der Waals surface area contributed by atoms with Crippen LogP contribution < -0.4 is 5.32 Å². The Balaban J connectivity index is 1.71. The number of carbonyl (C=O) groups is 2. The first-order valence-corrected chi connectivity index (χ1v) is 7.97. The molecular formula is C15H21NO3S. The molecule has 1 amide bonds. The van der Waals surface area contributed by atoms with E-state index in [9.17, 15) is 9.59 Å². The Morgan fingerprint density at radius 3 is 2.80 bits per heavy atom. The summed E-state index contributed by atoms with van der Waals surface area (Å²) in [6, 6.07) is 4.15. The van der Waals surface area contributed by atoms with Gasteiger partial charge in [-0.25, -0.2) is 0 Å². The Labute approximate surface area is 123 Å². The molecule has 2 N–H and O–H groups in total. The Hall–Kier alpha value is -1.36. The average Bonchev–Trinajstić information content (AvgIpc) is 3.06. The van der Waals surface area contributed by atoms with E-state index in [0.29, 0.717) is 31.7 Å². The van der Waals surface area contributed by atoms with Gasteiger partial charge in [0.25, 0.3) is 0 Å². The topological polar surface area (TPSA) is 66.4 Å². The van der Waals surface area contributed by atoms with E-state index in [2.05, 4.69) is 23.7 Å². The van der Waals surface area contributed by atoms with Gasteiger partial charge in [-0.2, -0.15) is 0 Å². The zero-order valence-electron chi connectivity index (χ0n) is 11.7. The van der Waals surface area contributed by atoms with Crippen molar-refractivity contribution in [1.29, 1.82) is 0 Å². The molecule has 110 valence electrons. The van der Waals surface area contributed by atoms with Crippen molar-refractivity contribution in [2.75, 3.05) is 6.54 Å². The average molecular weight is 295 g/mol. The van der Waals surface area contributed by atoms with Crippen LogP contribution in [0.5, 0.6) is 0 Å². The lowest BCUT2D eigenvalue weighted by Crippen LogP contribution is -2.33. The Morgan fingerprint density at radius 1 is 1.45 bits per heavy atom. The van der Waals surface area contributed by atoms with Crippen LogP contribution in [0.1, 0.15) is 31.1 Å². The summed E-state index contributed by atoms with van der Waals surface area (Å²) in [5.74, 6) is -0.813. The molecule has 2 rings (SSSR count). The van der Waals surface area contributed by atoms with Crippen molar-refractivity contribution in [3.8, 4) is 0 Å². The second kappa shape index (κ2) is 6.88. The molecule has 1 saturated carbocycles.